The summed E-state index contributed by atoms with van der Waals surface area (Å²) in [7, 11) is -1.39. The van der Waals surface area contributed by atoms with E-state index in [1.165, 1.54) is 0 Å². The first-order valence-electron chi connectivity index (χ1n) is 13.6. The van der Waals surface area contributed by atoms with Gasteiger partial charge >= 0.3 is 0 Å². The molecule has 2 heterocycles. The van der Waals surface area contributed by atoms with Crippen LogP contribution in [0.15, 0.2) is 83.9 Å². The predicted molar refractivity (Wildman–Crippen MR) is 156 cm³/mol. The molecule has 1 aliphatic carbocycles. The Hall–Kier alpha value is -3.56. The van der Waals surface area contributed by atoms with E-state index < -0.39 is 10.0 Å². The first kappa shape index (κ1) is 27.0. The minimum Gasteiger partial charge on any atom is -0.359 e. The van der Waals surface area contributed by atoms with Gasteiger partial charge in [0, 0.05) is 50.4 Å². The summed E-state index contributed by atoms with van der Waals surface area (Å²) < 4.78 is 27.9. The van der Waals surface area contributed by atoms with Gasteiger partial charge in [0.15, 0.2) is 0 Å². The maximum atomic E-state index is 12.5. The van der Waals surface area contributed by atoms with Crippen molar-refractivity contribution in [2.24, 2.45) is 11.8 Å². The van der Waals surface area contributed by atoms with Gasteiger partial charge in [-0.2, -0.15) is 4.98 Å². The average molecular weight is 545 g/mol. The molecule has 0 aliphatic heterocycles. The first-order chi connectivity index (χ1) is 19.0. The Kier molecular flexibility index (Phi) is 8.68. The summed E-state index contributed by atoms with van der Waals surface area (Å²) in [6.07, 6.45) is 6.77. The number of anilines is 2. The molecule has 0 bridgehead atoms. The molecule has 2 aromatic heterocycles. The van der Waals surface area contributed by atoms with E-state index in [0.717, 1.165) is 67.6 Å². The highest BCUT2D eigenvalue weighted by Gasteiger charge is 2.23. The first-order valence-corrected chi connectivity index (χ1v) is 15.1. The quantitative estimate of drug-likeness (QED) is 0.277. The molecule has 0 atom stereocenters. The number of hydrogen-bond acceptors (Lipinski definition) is 7. The van der Waals surface area contributed by atoms with Crippen LogP contribution in [-0.2, 0) is 16.4 Å². The highest BCUT2D eigenvalue weighted by molar-refractivity contribution is 7.89. The van der Waals surface area contributed by atoms with Crippen LogP contribution in [-0.4, -0.2) is 50.1 Å². The number of aromatic nitrogens is 3. The lowest BCUT2D eigenvalue weighted by molar-refractivity contribution is 0.284. The van der Waals surface area contributed by atoms with E-state index in [1.807, 2.05) is 48.7 Å². The Morgan fingerprint density at radius 1 is 0.846 bits per heavy atom. The Morgan fingerprint density at radius 3 is 2.28 bits per heavy atom. The molecule has 1 aliphatic rings. The van der Waals surface area contributed by atoms with Crippen molar-refractivity contribution >= 4 is 32.7 Å². The van der Waals surface area contributed by atoms with Crippen LogP contribution in [0, 0.1) is 11.8 Å². The monoisotopic (exact) mass is 544 g/mol. The molecular weight excluding hydrogens is 508 g/mol. The molecule has 0 radical (unpaired) electrons. The van der Waals surface area contributed by atoms with Crippen LogP contribution >= 0.6 is 0 Å². The molecule has 1 saturated carbocycles. The summed E-state index contributed by atoms with van der Waals surface area (Å²) in [6.45, 7) is 2.09. The molecule has 0 unspecified atom stereocenters. The zero-order chi connectivity index (χ0) is 27.1. The highest BCUT2D eigenvalue weighted by Crippen LogP contribution is 2.30. The van der Waals surface area contributed by atoms with Crippen molar-refractivity contribution in [2.75, 3.05) is 36.9 Å². The van der Waals surface area contributed by atoms with Crippen molar-refractivity contribution in [1.82, 2.24) is 19.7 Å². The minimum absolute atomic E-state index is 0.319. The maximum Gasteiger partial charge on any atom is 0.240 e. The van der Waals surface area contributed by atoms with Crippen molar-refractivity contribution < 1.29 is 8.42 Å². The lowest BCUT2D eigenvalue weighted by Crippen LogP contribution is -2.32. The van der Waals surface area contributed by atoms with E-state index in [9.17, 15) is 8.42 Å². The SMILES string of the molecule is CN(CCc1ccccn1)c1nc(NCC2CCC(CNS(=O)(=O)c3ccccc3)CC2)nc2ccccc12. The van der Waals surface area contributed by atoms with Crippen molar-refractivity contribution in [3.63, 3.8) is 0 Å². The summed E-state index contributed by atoms with van der Waals surface area (Å²) >= 11 is 0. The van der Waals surface area contributed by atoms with Gasteiger partial charge < -0.3 is 10.2 Å². The van der Waals surface area contributed by atoms with Crippen molar-refractivity contribution in [3.05, 3.63) is 84.7 Å². The number of fused-ring (bicyclic) bond motifs is 1. The largest absolute Gasteiger partial charge is 0.359 e. The summed E-state index contributed by atoms with van der Waals surface area (Å²) in [4.78, 5) is 16.6. The second-order valence-corrected chi connectivity index (χ2v) is 12.1. The van der Waals surface area contributed by atoms with Gasteiger partial charge in [-0.05, 0) is 73.9 Å². The number of nitrogens with one attached hydrogen (secondary N) is 2. The van der Waals surface area contributed by atoms with Crippen molar-refractivity contribution in [2.45, 2.75) is 37.0 Å². The summed E-state index contributed by atoms with van der Waals surface area (Å²) in [5.41, 5.74) is 1.98. The molecule has 204 valence electrons. The van der Waals surface area contributed by atoms with E-state index in [1.54, 1.807) is 24.3 Å². The zero-order valence-electron chi connectivity index (χ0n) is 22.3. The average Bonchev–Trinajstić information content (AvgIpc) is 2.99. The van der Waals surface area contributed by atoms with Crippen LogP contribution in [0.25, 0.3) is 10.9 Å². The van der Waals surface area contributed by atoms with E-state index >= 15 is 0 Å². The molecule has 0 saturated heterocycles. The number of benzene rings is 2. The number of pyridine rings is 1. The topological polar surface area (TPSA) is 100 Å². The fourth-order valence-electron chi connectivity index (χ4n) is 5.15. The Bertz CT molecular complexity index is 1460. The standard InChI is InChI=1S/C30H36N6O2S/c1-36(20-18-25-9-7-8-19-31-25)29-27-12-5-6-13-28(27)34-30(35-29)32-21-23-14-16-24(17-15-23)22-33-39(37,38)26-10-3-2-4-11-26/h2-13,19,23-24,33H,14-18,20-22H2,1H3,(H,32,34,35). The van der Waals surface area contributed by atoms with Gasteiger partial charge in [0.1, 0.15) is 5.82 Å². The molecular formula is C30H36N6O2S. The van der Waals surface area contributed by atoms with Crippen LogP contribution in [0.5, 0.6) is 0 Å². The van der Waals surface area contributed by atoms with E-state index in [4.69, 9.17) is 9.97 Å². The summed E-state index contributed by atoms with van der Waals surface area (Å²) in [5.74, 6) is 2.42. The summed E-state index contributed by atoms with van der Waals surface area (Å²) in [6, 6.07) is 22.7. The number of hydrogen-bond donors (Lipinski definition) is 2. The van der Waals surface area contributed by atoms with Crippen LogP contribution in [0.2, 0.25) is 0 Å². The molecule has 4 aromatic rings. The van der Waals surface area contributed by atoms with Gasteiger partial charge in [-0.15, -0.1) is 0 Å². The van der Waals surface area contributed by atoms with Gasteiger partial charge in [-0.1, -0.05) is 36.4 Å². The maximum absolute atomic E-state index is 12.5. The number of sulfonamides is 1. The van der Waals surface area contributed by atoms with Gasteiger partial charge in [-0.25, -0.2) is 18.1 Å². The third kappa shape index (κ3) is 7.10. The third-order valence-electron chi connectivity index (χ3n) is 7.50. The normalized spacial score (nSPS) is 17.7. The molecule has 2 N–H and O–H groups in total. The van der Waals surface area contributed by atoms with E-state index in [2.05, 4.69) is 33.0 Å². The van der Waals surface area contributed by atoms with Crippen LogP contribution in [0.4, 0.5) is 11.8 Å². The molecule has 0 amide bonds. The fourth-order valence-corrected chi connectivity index (χ4v) is 6.29. The lowest BCUT2D eigenvalue weighted by Gasteiger charge is -2.29. The Morgan fingerprint density at radius 2 is 1.54 bits per heavy atom. The molecule has 5 rings (SSSR count). The van der Waals surface area contributed by atoms with Crippen LogP contribution in [0.3, 0.4) is 0 Å². The fraction of sp³-hybridized carbons (Fsp3) is 0.367. The van der Waals surface area contributed by atoms with Gasteiger partial charge in [-0.3, -0.25) is 4.98 Å². The second-order valence-electron chi connectivity index (χ2n) is 10.3. The van der Waals surface area contributed by atoms with Gasteiger partial charge in [0.05, 0.1) is 10.4 Å². The number of rotatable bonds is 11. The molecule has 0 spiro atoms. The van der Waals surface area contributed by atoms with E-state index in [-0.39, 0.29) is 0 Å². The van der Waals surface area contributed by atoms with E-state index in [0.29, 0.717) is 29.2 Å². The van der Waals surface area contributed by atoms with Gasteiger partial charge in [0.25, 0.3) is 0 Å². The number of para-hydroxylation sites is 1. The molecule has 39 heavy (non-hydrogen) atoms. The number of nitrogens with zero attached hydrogens (tertiary/aromatic N) is 4. The highest BCUT2D eigenvalue weighted by atomic mass is 32.2. The number of likely N-dealkylation sites (N-methyl/N-ethyl adjacent to an activating group) is 1. The molecule has 9 heteroatoms. The Balaban J connectivity index is 1.15. The van der Waals surface area contributed by atoms with Crippen LogP contribution < -0.4 is 14.9 Å². The Labute approximate surface area is 231 Å². The zero-order valence-corrected chi connectivity index (χ0v) is 23.1. The third-order valence-corrected chi connectivity index (χ3v) is 8.94. The molecule has 2 aromatic carbocycles. The smallest absolute Gasteiger partial charge is 0.240 e. The lowest BCUT2D eigenvalue weighted by atomic mass is 9.82. The van der Waals surface area contributed by atoms with Crippen molar-refractivity contribution in [3.8, 4) is 0 Å². The van der Waals surface area contributed by atoms with Crippen LogP contribution in [0.1, 0.15) is 31.4 Å². The molecule has 1 fully saturated rings. The molecule has 8 nitrogen and oxygen atoms in total. The minimum atomic E-state index is -3.46. The van der Waals surface area contributed by atoms with Gasteiger partial charge in [0.2, 0.25) is 16.0 Å². The summed E-state index contributed by atoms with van der Waals surface area (Å²) in [5, 5.41) is 4.53. The second kappa shape index (κ2) is 12.5. The van der Waals surface area contributed by atoms with Crippen molar-refractivity contribution in [1.29, 1.82) is 0 Å². The predicted octanol–water partition coefficient (Wildman–Crippen LogP) is 4.90.